The van der Waals surface area contributed by atoms with Gasteiger partial charge in [0.15, 0.2) is 11.2 Å². The third-order valence-corrected chi connectivity index (χ3v) is 12.0. The minimum atomic E-state index is -2.41. The number of aryl methyl sites for hydroxylation is 1. The minimum absolute atomic E-state index is 0. The summed E-state index contributed by atoms with van der Waals surface area (Å²) in [4.78, 5) is 18.5. The first kappa shape index (κ1) is 41.2. The fourth-order valence-electron chi connectivity index (χ4n) is 8.71. The van der Waals surface area contributed by atoms with Crippen molar-refractivity contribution in [2.45, 2.75) is 72.6 Å². The van der Waals surface area contributed by atoms with Crippen LogP contribution in [0.2, 0.25) is 0 Å². The van der Waals surface area contributed by atoms with Crippen molar-refractivity contribution >= 4 is 55.0 Å². The van der Waals surface area contributed by atoms with E-state index in [0.717, 1.165) is 66.6 Å². The molecule has 5 aromatic heterocycles. The van der Waals surface area contributed by atoms with Crippen molar-refractivity contribution in [2.75, 3.05) is 0 Å². The van der Waals surface area contributed by atoms with Gasteiger partial charge in [-0.15, -0.1) is 54.1 Å². The Balaban J connectivity index is 0.000000304. The van der Waals surface area contributed by atoms with Gasteiger partial charge in [0.2, 0.25) is 5.71 Å². The van der Waals surface area contributed by atoms with Gasteiger partial charge in [0.25, 0.3) is 0 Å². The molecule has 333 valence electrons. The fraction of sp³-hybridized carbons (Fsp3) is 0.190. The summed E-state index contributed by atoms with van der Waals surface area (Å²) in [6.07, 6.45) is 1.81. The van der Waals surface area contributed by atoms with Crippen LogP contribution < -0.4 is 0 Å². The predicted molar refractivity (Wildman–Crippen MR) is 266 cm³/mol. The first-order valence-electron chi connectivity index (χ1n) is 23.7. The van der Waals surface area contributed by atoms with E-state index < -0.39 is 6.85 Å². The maximum Gasteiger partial charge on any atom is 0.228 e. The Hall–Kier alpha value is -7.24. The van der Waals surface area contributed by atoms with Gasteiger partial charge in [-0.2, -0.15) is 5.26 Å². The second-order valence-electron chi connectivity index (χ2n) is 18.2. The zero-order chi connectivity index (χ0) is 48.4. The average Bonchev–Trinajstić information content (AvgIpc) is 4.05. The molecule has 8 nitrogen and oxygen atoms in total. The van der Waals surface area contributed by atoms with E-state index in [-0.39, 0.29) is 48.6 Å². The molecule has 0 aliphatic rings. The van der Waals surface area contributed by atoms with E-state index in [4.69, 9.17) is 17.9 Å². The Labute approximate surface area is 407 Å². The zero-order valence-electron chi connectivity index (χ0n) is 41.2. The van der Waals surface area contributed by atoms with Crippen LogP contribution >= 0.6 is 0 Å². The van der Waals surface area contributed by atoms with Crippen LogP contribution in [-0.4, -0.2) is 24.5 Å². The molecular formula is C58H48IrN6O2-2. The van der Waals surface area contributed by atoms with E-state index in [0.29, 0.717) is 44.9 Å². The van der Waals surface area contributed by atoms with Crippen molar-refractivity contribution in [3.05, 3.63) is 174 Å². The summed E-state index contributed by atoms with van der Waals surface area (Å²) >= 11 is 0. The number of hydrogen-bond donors (Lipinski definition) is 0. The Morgan fingerprint density at radius 3 is 2.07 bits per heavy atom. The van der Waals surface area contributed by atoms with E-state index in [2.05, 4.69) is 106 Å². The quantitative estimate of drug-likeness (QED) is 0.153. The summed E-state index contributed by atoms with van der Waals surface area (Å²) in [5, 5.41) is 12.7. The van der Waals surface area contributed by atoms with Crippen molar-refractivity contribution in [3.63, 3.8) is 0 Å². The van der Waals surface area contributed by atoms with Crippen molar-refractivity contribution in [1.82, 2.24) is 24.5 Å². The van der Waals surface area contributed by atoms with Gasteiger partial charge in [-0.25, -0.2) is 4.98 Å². The number of pyridine rings is 1. The van der Waals surface area contributed by atoms with Gasteiger partial charge in [0, 0.05) is 63.4 Å². The molecule has 5 heterocycles. The third-order valence-electron chi connectivity index (χ3n) is 12.0. The Morgan fingerprint density at radius 1 is 0.687 bits per heavy atom. The van der Waals surface area contributed by atoms with Crippen LogP contribution in [-0.2, 0) is 25.5 Å². The Kier molecular flexibility index (Phi) is 11.0. The topological polar surface area (TPSA) is 107 Å². The number of nitrogens with zero attached hydrogens (tertiary/aromatic N) is 6. The molecule has 0 amide bonds. The van der Waals surface area contributed by atoms with Crippen molar-refractivity contribution in [3.8, 4) is 45.7 Å². The average molecular weight is 1060 g/mol. The number of aromatic nitrogens is 5. The molecule has 67 heavy (non-hydrogen) atoms. The molecule has 0 bridgehead atoms. The Morgan fingerprint density at radius 2 is 1.39 bits per heavy atom. The van der Waals surface area contributed by atoms with Crippen molar-refractivity contribution in [1.29, 1.82) is 5.26 Å². The maximum atomic E-state index is 9.44. The largest absolute Gasteiger partial charge is 0.497 e. The second-order valence-corrected chi connectivity index (χ2v) is 18.2. The third kappa shape index (κ3) is 8.11. The van der Waals surface area contributed by atoms with E-state index in [1.54, 1.807) is 18.2 Å². The van der Waals surface area contributed by atoms with Crippen LogP contribution in [0.5, 0.6) is 0 Å². The normalized spacial score (nSPS) is 12.6. The van der Waals surface area contributed by atoms with E-state index in [1.165, 1.54) is 0 Å². The molecular weight excluding hydrogens is 1000 g/mol. The van der Waals surface area contributed by atoms with Gasteiger partial charge in [-0.3, -0.25) is 15.0 Å². The maximum absolute atomic E-state index is 9.44. The number of fused-ring (bicyclic) bond motifs is 8. The molecule has 0 fully saturated rings. The summed E-state index contributed by atoms with van der Waals surface area (Å²) in [6, 6.07) is 49.8. The van der Waals surface area contributed by atoms with Crippen LogP contribution in [0.3, 0.4) is 0 Å². The number of rotatable bonds is 6. The second kappa shape index (κ2) is 17.9. The van der Waals surface area contributed by atoms with Crippen LogP contribution in [0.25, 0.3) is 94.6 Å². The van der Waals surface area contributed by atoms with Crippen LogP contribution in [0.4, 0.5) is 0 Å². The molecule has 9 heteroatoms. The van der Waals surface area contributed by atoms with Crippen LogP contribution in [0.1, 0.15) is 92.5 Å². The van der Waals surface area contributed by atoms with Gasteiger partial charge in [0.05, 0.1) is 28.3 Å². The predicted octanol–water partition coefficient (Wildman–Crippen LogP) is 15.0. The van der Waals surface area contributed by atoms with Crippen LogP contribution in [0.15, 0.2) is 142 Å². The van der Waals surface area contributed by atoms with Gasteiger partial charge in [0.1, 0.15) is 11.8 Å². The number of furan rings is 2. The summed E-state index contributed by atoms with van der Waals surface area (Å²) < 4.78 is 41.0. The number of para-hydroxylation sites is 1. The fourth-order valence-corrected chi connectivity index (χ4v) is 8.71. The van der Waals surface area contributed by atoms with Gasteiger partial charge >= 0.3 is 0 Å². The van der Waals surface area contributed by atoms with Crippen LogP contribution in [0, 0.1) is 30.3 Å². The molecule has 0 atom stereocenters. The van der Waals surface area contributed by atoms with E-state index in [1.807, 2.05) is 95.7 Å². The molecule has 11 rings (SSSR count). The summed E-state index contributed by atoms with van der Waals surface area (Å²) in [6.45, 7) is 12.7. The molecule has 0 saturated carbocycles. The number of nitriles is 1. The number of benzene rings is 6. The van der Waals surface area contributed by atoms with Gasteiger partial charge in [-0.1, -0.05) is 108 Å². The monoisotopic (exact) mass is 1060 g/mol. The first-order chi connectivity index (χ1) is 33.1. The Bertz CT molecular complexity index is 3760. The number of hydrogen-bond acceptors (Lipinski definition) is 7. The first-order valence-corrected chi connectivity index (χ1v) is 22.2. The molecule has 0 aliphatic carbocycles. The summed E-state index contributed by atoms with van der Waals surface area (Å²) in [5.74, 6) is 1.43. The van der Waals surface area contributed by atoms with Crippen molar-refractivity contribution in [2.24, 2.45) is 0 Å². The van der Waals surface area contributed by atoms with Crippen molar-refractivity contribution < 1.29 is 33.1 Å². The molecule has 0 saturated heterocycles. The van der Waals surface area contributed by atoms with Gasteiger partial charge < -0.3 is 13.4 Å². The molecule has 0 unspecified atom stereocenters. The smallest absolute Gasteiger partial charge is 0.228 e. The standard InChI is InChI=1S/C44H33N4O2.C14H15N2.Ir/c1-24(2)35-21-28(27-12-7-6-8-13-27)22-36(25(3)4)39(35)48-38-26(5)11-9-16-37(38)47-43(48)34-15-10-14-30-31-19-20-32-33-18-17-29(23-45)46-44(33)50-42(32)41(31)49-40(30)34;1-14(2,3)12-9-10-15-13(16-12)11-7-5-4-6-8-11;/h6-14,16-22,24-25H,1-5H3;4-7,9-10H,1-3H3;/q2*-1;/i5D3;;. The summed E-state index contributed by atoms with van der Waals surface area (Å²) in [5.41, 5.74) is 11.4. The molecule has 1 radical (unpaired) electrons. The molecule has 0 N–H and O–H groups in total. The molecule has 0 spiro atoms. The molecule has 6 aromatic carbocycles. The molecule has 11 aromatic rings. The van der Waals surface area contributed by atoms with E-state index >= 15 is 0 Å². The number of imidazole rings is 1. The van der Waals surface area contributed by atoms with Gasteiger partial charge in [-0.05, 0) is 89.0 Å². The molecule has 0 aliphatic heterocycles. The SMILES string of the molecule is CC(C)(C)c1ccnc(-c2[c-]cccc2)n1.[2H]C([2H])([2H])c1cccc2nc(-c3[c-]ccc4c3oc3c4ccc4c5ccc(C#N)nc5oc43)n(-c3c(C(C)C)cc(-c4ccccc4)cc3C(C)C)c12.[Ir]. The minimum Gasteiger partial charge on any atom is -0.497 e. The zero-order valence-corrected chi connectivity index (χ0v) is 40.6. The summed E-state index contributed by atoms with van der Waals surface area (Å²) in [7, 11) is 0. The van der Waals surface area contributed by atoms with E-state index in [9.17, 15) is 5.26 Å².